The van der Waals surface area contributed by atoms with Crippen LogP contribution < -0.4 is 0 Å². The van der Waals surface area contributed by atoms with E-state index in [-0.39, 0.29) is 47.7 Å². The number of ether oxygens (including phenoxy) is 3. The van der Waals surface area contributed by atoms with Crippen LogP contribution in [0.4, 0.5) is 0 Å². The van der Waals surface area contributed by atoms with Gasteiger partial charge in [0.1, 0.15) is 6.10 Å². The van der Waals surface area contributed by atoms with Gasteiger partial charge in [0.15, 0.2) is 0 Å². The second kappa shape index (κ2) is 8.15. The first-order valence-corrected chi connectivity index (χ1v) is 7.66. The molecule has 0 N–H and O–H groups in total. The van der Waals surface area contributed by atoms with Crippen LogP contribution in [0, 0.1) is 23.7 Å². The third kappa shape index (κ3) is 5.31. The Morgan fingerprint density at radius 2 is 1.64 bits per heavy atom. The van der Waals surface area contributed by atoms with Crippen LogP contribution in [0.3, 0.4) is 0 Å². The molecule has 0 aromatic rings. The maximum Gasteiger partial charge on any atom is 0.302 e. The minimum Gasteiger partial charge on any atom is -0.466 e. The highest BCUT2D eigenvalue weighted by atomic mass is 16.5. The largest absolute Gasteiger partial charge is 0.466 e. The van der Waals surface area contributed by atoms with Crippen molar-refractivity contribution in [1.82, 2.24) is 0 Å². The summed E-state index contributed by atoms with van der Waals surface area (Å²) in [6.07, 6.45) is 0.498. The molecule has 6 heteroatoms. The van der Waals surface area contributed by atoms with Crippen molar-refractivity contribution in [3.63, 3.8) is 0 Å². The third-order valence-corrected chi connectivity index (χ3v) is 4.39. The molecule has 0 aromatic carbocycles. The fourth-order valence-corrected chi connectivity index (χ4v) is 3.21. The summed E-state index contributed by atoms with van der Waals surface area (Å²) < 4.78 is 15.6. The zero-order valence-electron chi connectivity index (χ0n) is 14.0. The molecule has 1 unspecified atom stereocenters. The van der Waals surface area contributed by atoms with Crippen LogP contribution in [0.2, 0.25) is 0 Å². The molecule has 0 aromatic heterocycles. The highest BCUT2D eigenvalue weighted by molar-refractivity contribution is 5.66. The number of hydrogen-bond donors (Lipinski definition) is 0. The van der Waals surface area contributed by atoms with Gasteiger partial charge in [0.05, 0.1) is 13.2 Å². The molecule has 0 bridgehead atoms. The molecule has 0 radical (unpaired) electrons. The van der Waals surface area contributed by atoms with Gasteiger partial charge in [-0.05, 0) is 24.2 Å². The molecule has 0 amide bonds. The molecular weight excluding hydrogens is 288 g/mol. The van der Waals surface area contributed by atoms with Crippen molar-refractivity contribution < 1.29 is 28.6 Å². The number of rotatable bonds is 6. The lowest BCUT2D eigenvalue weighted by molar-refractivity contribution is -0.149. The van der Waals surface area contributed by atoms with Gasteiger partial charge >= 0.3 is 17.9 Å². The summed E-state index contributed by atoms with van der Waals surface area (Å²) in [5.74, 6) is -0.505. The van der Waals surface area contributed by atoms with Crippen molar-refractivity contribution in [2.24, 2.45) is 23.7 Å². The van der Waals surface area contributed by atoms with E-state index in [1.165, 1.54) is 20.8 Å². The highest BCUT2D eigenvalue weighted by Crippen LogP contribution is 2.43. The summed E-state index contributed by atoms with van der Waals surface area (Å²) in [6, 6.07) is 0. The zero-order chi connectivity index (χ0) is 16.9. The van der Waals surface area contributed by atoms with E-state index >= 15 is 0 Å². The van der Waals surface area contributed by atoms with Crippen molar-refractivity contribution in [2.45, 2.75) is 47.1 Å². The minimum absolute atomic E-state index is 0.0822. The average Bonchev–Trinajstić information content (AvgIpc) is 2.70. The molecule has 1 aliphatic rings. The predicted octanol–water partition coefficient (Wildman–Crippen LogP) is 1.95. The molecule has 1 rings (SSSR count). The highest BCUT2D eigenvalue weighted by Gasteiger charge is 2.45. The average molecular weight is 314 g/mol. The van der Waals surface area contributed by atoms with Crippen LogP contribution in [0.15, 0.2) is 0 Å². The van der Waals surface area contributed by atoms with Crippen LogP contribution in [0.25, 0.3) is 0 Å². The summed E-state index contributed by atoms with van der Waals surface area (Å²) >= 11 is 0. The molecular formula is C16H26O6. The fourth-order valence-electron chi connectivity index (χ4n) is 3.21. The van der Waals surface area contributed by atoms with Crippen molar-refractivity contribution in [3.05, 3.63) is 0 Å². The van der Waals surface area contributed by atoms with E-state index in [0.29, 0.717) is 19.6 Å². The molecule has 0 aliphatic heterocycles. The monoisotopic (exact) mass is 314 g/mol. The lowest BCUT2D eigenvalue weighted by Crippen LogP contribution is -2.28. The summed E-state index contributed by atoms with van der Waals surface area (Å²) in [7, 11) is 0. The number of hydrogen-bond acceptors (Lipinski definition) is 6. The molecule has 5 atom stereocenters. The summed E-state index contributed by atoms with van der Waals surface area (Å²) in [5.41, 5.74) is 0. The van der Waals surface area contributed by atoms with E-state index < -0.39 is 0 Å². The SMILES string of the molecule is CC(=O)OCC(C)[C@@H]1C[C@H](OC(C)=O)[C@@H](C)[C@H]1COC(C)=O. The normalized spacial score (nSPS) is 28.8. The first-order chi connectivity index (χ1) is 10.2. The fraction of sp³-hybridized carbons (Fsp3) is 0.812. The second-order valence-corrected chi connectivity index (χ2v) is 6.15. The summed E-state index contributed by atoms with van der Waals surface area (Å²) in [4.78, 5) is 33.3. The Morgan fingerprint density at radius 3 is 2.14 bits per heavy atom. The maximum atomic E-state index is 11.2. The summed E-state index contributed by atoms with van der Waals surface area (Å²) in [5, 5.41) is 0. The van der Waals surface area contributed by atoms with Gasteiger partial charge in [0.25, 0.3) is 0 Å². The van der Waals surface area contributed by atoms with Gasteiger partial charge in [-0.2, -0.15) is 0 Å². The van der Waals surface area contributed by atoms with E-state index in [4.69, 9.17) is 14.2 Å². The quantitative estimate of drug-likeness (QED) is 0.551. The van der Waals surface area contributed by atoms with Crippen molar-refractivity contribution in [2.75, 3.05) is 13.2 Å². The van der Waals surface area contributed by atoms with Gasteiger partial charge in [-0.25, -0.2) is 0 Å². The topological polar surface area (TPSA) is 78.9 Å². The van der Waals surface area contributed by atoms with Crippen LogP contribution in [-0.2, 0) is 28.6 Å². The standard InChI is InChI=1S/C16H26O6/c1-9(7-20-11(3)17)14-6-16(22-13(5)19)10(2)15(14)8-21-12(4)18/h9-10,14-16H,6-8H2,1-5H3/t9?,10-,14-,15+,16-/m0/s1. The molecule has 1 saturated carbocycles. The number of esters is 3. The molecule has 1 fully saturated rings. The lowest BCUT2D eigenvalue weighted by Gasteiger charge is -2.26. The first kappa shape index (κ1) is 18.5. The Hall–Kier alpha value is -1.59. The lowest BCUT2D eigenvalue weighted by atomic mass is 9.83. The smallest absolute Gasteiger partial charge is 0.302 e. The van der Waals surface area contributed by atoms with Crippen LogP contribution in [0.5, 0.6) is 0 Å². The number of carbonyl (C=O) groups excluding carboxylic acids is 3. The van der Waals surface area contributed by atoms with Crippen molar-refractivity contribution in [3.8, 4) is 0 Å². The zero-order valence-corrected chi connectivity index (χ0v) is 14.0. The van der Waals surface area contributed by atoms with Crippen LogP contribution in [0.1, 0.15) is 41.0 Å². The van der Waals surface area contributed by atoms with E-state index in [1.54, 1.807) is 0 Å². The van der Waals surface area contributed by atoms with Gasteiger partial charge in [-0.15, -0.1) is 0 Å². The van der Waals surface area contributed by atoms with Crippen LogP contribution in [-0.4, -0.2) is 37.2 Å². The molecule has 126 valence electrons. The van der Waals surface area contributed by atoms with E-state index in [0.717, 1.165) is 0 Å². The van der Waals surface area contributed by atoms with E-state index in [9.17, 15) is 14.4 Å². The molecule has 22 heavy (non-hydrogen) atoms. The minimum atomic E-state index is -0.325. The maximum absolute atomic E-state index is 11.2. The first-order valence-electron chi connectivity index (χ1n) is 7.66. The molecule has 0 spiro atoms. The van der Waals surface area contributed by atoms with Crippen LogP contribution >= 0.6 is 0 Å². The third-order valence-electron chi connectivity index (χ3n) is 4.39. The Morgan fingerprint density at radius 1 is 1.05 bits per heavy atom. The van der Waals surface area contributed by atoms with Gasteiger partial charge in [0, 0.05) is 26.7 Å². The van der Waals surface area contributed by atoms with Gasteiger partial charge in [0.2, 0.25) is 0 Å². The predicted molar refractivity (Wildman–Crippen MR) is 78.7 cm³/mol. The van der Waals surface area contributed by atoms with Gasteiger partial charge in [-0.1, -0.05) is 13.8 Å². The second-order valence-electron chi connectivity index (χ2n) is 6.15. The molecule has 0 saturated heterocycles. The van der Waals surface area contributed by atoms with E-state index in [1.807, 2.05) is 13.8 Å². The van der Waals surface area contributed by atoms with Gasteiger partial charge < -0.3 is 14.2 Å². The van der Waals surface area contributed by atoms with E-state index in [2.05, 4.69) is 0 Å². The molecule has 0 heterocycles. The number of carbonyl (C=O) groups is 3. The Balaban J connectivity index is 2.77. The molecule has 6 nitrogen and oxygen atoms in total. The Kier molecular flexibility index (Phi) is 6.84. The molecule has 1 aliphatic carbocycles. The van der Waals surface area contributed by atoms with Crippen molar-refractivity contribution in [1.29, 1.82) is 0 Å². The van der Waals surface area contributed by atoms with Gasteiger partial charge in [-0.3, -0.25) is 14.4 Å². The summed E-state index contributed by atoms with van der Waals surface area (Å²) in [6.45, 7) is 8.75. The Bertz CT molecular complexity index is 419. The van der Waals surface area contributed by atoms with Crippen molar-refractivity contribution >= 4 is 17.9 Å². The Labute approximate surface area is 131 Å².